The van der Waals surface area contributed by atoms with E-state index < -0.39 is 0 Å². The van der Waals surface area contributed by atoms with Gasteiger partial charge in [0.05, 0.1) is 0 Å². The van der Waals surface area contributed by atoms with Crippen molar-refractivity contribution in [1.29, 1.82) is 0 Å². The van der Waals surface area contributed by atoms with Crippen LogP contribution in [-0.4, -0.2) is 23.4 Å². The molecule has 0 aromatic rings. The van der Waals surface area contributed by atoms with Gasteiger partial charge in [-0.3, -0.25) is 4.79 Å². The topological polar surface area (TPSA) is 20.3 Å². The van der Waals surface area contributed by atoms with E-state index in [0.29, 0.717) is 18.4 Å². The van der Waals surface area contributed by atoms with E-state index in [2.05, 4.69) is 20.8 Å². The predicted molar refractivity (Wildman–Crippen MR) is 56.6 cm³/mol. The average molecular weight is 185 g/mol. The first-order valence-corrected chi connectivity index (χ1v) is 5.32. The molecule has 0 heterocycles. The molecule has 0 fully saturated rings. The summed E-state index contributed by atoms with van der Waals surface area (Å²) in [5.41, 5.74) is 0. The molecule has 0 bridgehead atoms. The smallest absolute Gasteiger partial charge is 0.222 e. The Bertz CT molecular complexity index is 154. The zero-order chi connectivity index (χ0) is 10.4. The molecule has 0 radical (unpaired) electrons. The molecule has 1 amide bonds. The molecule has 13 heavy (non-hydrogen) atoms. The summed E-state index contributed by atoms with van der Waals surface area (Å²) in [7, 11) is 0. The van der Waals surface area contributed by atoms with Crippen LogP contribution in [-0.2, 0) is 4.79 Å². The number of rotatable bonds is 5. The molecule has 0 aliphatic rings. The fourth-order valence-corrected chi connectivity index (χ4v) is 1.75. The van der Waals surface area contributed by atoms with Crippen molar-refractivity contribution in [3.63, 3.8) is 0 Å². The summed E-state index contributed by atoms with van der Waals surface area (Å²) in [5.74, 6) is 0.935. The van der Waals surface area contributed by atoms with Crippen molar-refractivity contribution in [2.45, 2.75) is 53.5 Å². The Balaban J connectivity index is 4.14. The Labute approximate surface area is 82.3 Å². The van der Waals surface area contributed by atoms with Crippen LogP contribution in [0.25, 0.3) is 0 Å². The van der Waals surface area contributed by atoms with Crippen LogP contribution in [0.1, 0.15) is 47.5 Å². The quantitative estimate of drug-likeness (QED) is 0.645. The number of amides is 1. The van der Waals surface area contributed by atoms with E-state index in [1.54, 1.807) is 0 Å². The molecular weight excluding hydrogens is 162 g/mol. The van der Waals surface area contributed by atoms with E-state index in [1.165, 1.54) is 0 Å². The molecule has 0 aromatic carbocycles. The molecule has 0 aliphatic carbocycles. The van der Waals surface area contributed by atoms with Crippen LogP contribution in [0.3, 0.4) is 0 Å². The predicted octanol–water partition coefficient (Wildman–Crippen LogP) is 2.68. The molecular formula is C11H23NO. The third kappa shape index (κ3) is 4.30. The molecule has 0 saturated heterocycles. The Morgan fingerprint density at radius 2 is 1.77 bits per heavy atom. The Kier molecular flexibility index (Phi) is 5.76. The van der Waals surface area contributed by atoms with Gasteiger partial charge in [-0.2, -0.15) is 0 Å². The van der Waals surface area contributed by atoms with Crippen LogP contribution in [0.15, 0.2) is 0 Å². The maximum atomic E-state index is 11.5. The monoisotopic (exact) mass is 185 g/mol. The van der Waals surface area contributed by atoms with Gasteiger partial charge >= 0.3 is 0 Å². The van der Waals surface area contributed by atoms with Gasteiger partial charge in [0.1, 0.15) is 0 Å². The van der Waals surface area contributed by atoms with E-state index >= 15 is 0 Å². The zero-order valence-electron chi connectivity index (χ0n) is 9.63. The van der Waals surface area contributed by atoms with E-state index in [1.807, 2.05) is 18.7 Å². The third-order valence-electron chi connectivity index (χ3n) is 2.31. The van der Waals surface area contributed by atoms with Crippen LogP contribution in [0, 0.1) is 5.92 Å². The second-order valence-electron chi connectivity index (χ2n) is 4.01. The summed E-state index contributed by atoms with van der Waals surface area (Å²) in [6.07, 6.45) is 1.72. The van der Waals surface area contributed by atoms with E-state index in [0.717, 1.165) is 13.0 Å². The van der Waals surface area contributed by atoms with Crippen LogP contribution in [0.5, 0.6) is 0 Å². The summed E-state index contributed by atoms with van der Waals surface area (Å²) in [5, 5.41) is 0. The molecule has 0 saturated carbocycles. The van der Waals surface area contributed by atoms with Crippen molar-refractivity contribution in [2.75, 3.05) is 6.54 Å². The molecule has 78 valence electrons. The molecule has 1 atom stereocenters. The normalized spacial score (nSPS) is 13.1. The maximum absolute atomic E-state index is 11.5. The minimum absolute atomic E-state index is 0.274. The second-order valence-corrected chi connectivity index (χ2v) is 4.01. The van der Waals surface area contributed by atoms with Crippen molar-refractivity contribution in [1.82, 2.24) is 4.90 Å². The van der Waals surface area contributed by atoms with Crippen LogP contribution in [0.4, 0.5) is 0 Å². The van der Waals surface area contributed by atoms with Gasteiger partial charge in [0.25, 0.3) is 0 Å². The molecule has 0 N–H and O–H groups in total. The fraction of sp³-hybridized carbons (Fsp3) is 0.909. The first kappa shape index (κ1) is 12.5. The third-order valence-corrected chi connectivity index (χ3v) is 2.31. The van der Waals surface area contributed by atoms with Gasteiger partial charge in [-0.25, -0.2) is 0 Å². The van der Waals surface area contributed by atoms with Crippen molar-refractivity contribution >= 4 is 5.91 Å². The summed E-state index contributed by atoms with van der Waals surface area (Å²) in [6, 6.07) is 0.387. The number of nitrogens with zero attached hydrogens (tertiary/aromatic N) is 1. The lowest BCUT2D eigenvalue weighted by atomic mass is 10.0. The van der Waals surface area contributed by atoms with Gasteiger partial charge in [-0.15, -0.1) is 0 Å². The minimum Gasteiger partial charge on any atom is -0.340 e. The van der Waals surface area contributed by atoms with E-state index in [9.17, 15) is 4.79 Å². The minimum atomic E-state index is 0.274. The van der Waals surface area contributed by atoms with Gasteiger partial charge in [0, 0.05) is 19.0 Å². The first-order chi connectivity index (χ1) is 6.02. The Morgan fingerprint density at radius 3 is 2.08 bits per heavy atom. The molecule has 0 aliphatic heterocycles. The average Bonchev–Trinajstić information content (AvgIpc) is 2.03. The molecule has 2 heteroatoms. The van der Waals surface area contributed by atoms with Gasteiger partial charge in [0.2, 0.25) is 5.91 Å². The Hall–Kier alpha value is -0.530. The van der Waals surface area contributed by atoms with Gasteiger partial charge in [0.15, 0.2) is 0 Å². The second kappa shape index (κ2) is 6.01. The summed E-state index contributed by atoms with van der Waals surface area (Å²) < 4.78 is 0. The molecule has 2 nitrogen and oxygen atoms in total. The Morgan fingerprint density at radius 1 is 1.23 bits per heavy atom. The summed E-state index contributed by atoms with van der Waals surface area (Å²) in [4.78, 5) is 13.5. The molecule has 0 spiro atoms. The van der Waals surface area contributed by atoms with Crippen molar-refractivity contribution in [3.05, 3.63) is 0 Å². The van der Waals surface area contributed by atoms with Crippen molar-refractivity contribution in [3.8, 4) is 0 Å². The summed E-state index contributed by atoms with van der Waals surface area (Å²) >= 11 is 0. The largest absolute Gasteiger partial charge is 0.340 e. The van der Waals surface area contributed by atoms with E-state index in [-0.39, 0.29) is 5.91 Å². The van der Waals surface area contributed by atoms with Crippen molar-refractivity contribution in [2.24, 2.45) is 5.92 Å². The molecule has 1 unspecified atom stereocenters. The standard InChI is InChI=1S/C11H23NO/c1-6-11(13)12(7-2)10(5)8-9(3)4/h9-10H,6-8H2,1-5H3. The number of hydrogen-bond donors (Lipinski definition) is 0. The highest BCUT2D eigenvalue weighted by atomic mass is 16.2. The molecule has 0 rings (SSSR count). The van der Waals surface area contributed by atoms with Crippen LogP contribution >= 0.6 is 0 Å². The molecule has 0 aromatic heterocycles. The van der Waals surface area contributed by atoms with Gasteiger partial charge < -0.3 is 4.90 Å². The number of carbonyl (C=O) groups excluding carboxylic acids is 1. The highest BCUT2D eigenvalue weighted by Crippen LogP contribution is 2.11. The number of hydrogen-bond acceptors (Lipinski definition) is 1. The van der Waals surface area contributed by atoms with Crippen molar-refractivity contribution < 1.29 is 4.79 Å². The number of carbonyl (C=O) groups is 1. The maximum Gasteiger partial charge on any atom is 0.222 e. The van der Waals surface area contributed by atoms with E-state index in [4.69, 9.17) is 0 Å². The zero-order valence-corrected chi connectivity index (χ0v) is 9.63. The highest BCUT2D eigenvalue weighted by Gasteiger charge is 2.17. The van der Waals surface area contributed by atoms with Crippen LogP contribution in [0.2, 0.25) is 0 Å². The van der Waals surface area contributed by atoms with Crippen LogP contribution < -0.4 is 0 Å². The SMILES string of the molecule is CCC(=O)N(CC)C(C)CC(C)C. The van der Waals surface area contributed by atoms with Gasteiger partial charge in [-0.1, -0.05) is 20.8 Å². The lowest BCUT2D eigenvalue weighted by Gasteiger charge is -2.29. The fourth-order valence-electron chi connectivity index (χ4n) is 1.75. The first-order valence-electron chi connectivity index (χ1n) is 5.32. The lowest BCUT2D eigenvalue weighted by Crippen LogP contribution is -2.38. The lowest BCUT2D eigenvalue weighted by molar-refractivity contribution is -0.132. The van der Waals surface area contributed by atoms with Gasteiger partial charge in [-0.05, 0) is 26.2 Å². The highest BCUT2D eigenvalue weighted by molar-refractivity contribution is 5.76. The summed E-state index contributed by atoms with van der Waals surface area (Å²) in [6.45, 7) is 11.3.